The van der Waals surface area contributed by atoms with Crippen molar-refractivity contribution in [3.63, 3.8) is 0 Å². The molecule has 0 saturated carbocycles. The van der Waals surface area contributed by atoms with Crippen molar-refractivity contribution in [1.29, 1.82) is 0 Å². The molecule has 2 aliphatic rings. The highest BCUT2D eigenvalue weighted by Gasteiger charge is 2.38. The fourth-order valence-corrected chi connectivity index (χ4v) is 2.22. The van der Waals surface area contributed by atoms with Gasteiger partial charge in [-0.05, 0) is 25.7 Å². The number of hydrogen-bond acceptors (Lipinski definition) is 3. The number of carbonyl (C=O) groups is 1. The molecule has 2 rings (SSSR count). The van der Waals surface area contributed by atoms with Gasteiger partial charge in [-0.3, -0.25) is 4.79 Å². The van der Waals surface area contributed by atoms with E-state index >= 15 is 0 Å². The van der Waals surface area contributed by atoms with Crippen LogP contribution in [0.1, 0.15) is 25.7 Å². The molecule has 0 aromatic carbocycles. The number of ether oxygens (including phenoxy) is 2. The second kappa shape index (κ2) is 3.05. The summed E-state index contributed by atoms with van der Waals surface area (Å²) in [6.07, 6.45) is 4.63. The van der Waals surface area contributed by atoms with Crippen LogP contribution in [0.25, 0.3) is 0 Å². The Morgan fingerprint density at radius 2 is 1.92 bits per heavy atom. The van der Waals surface area contributed by atoms with Crippen LogP contribution in [-0.2, 0) is 14.3 Å². The molecule has 0 N–H and O–H groups in total. The molecule has 2 saturated heterocycles. The minimum atomic E-state index is -0.0600. The van der Waals surface area contributed by atoms with E-state index in [0.29, 0.717) is 12.2 Å². The highest BCUT2D eigenvalue weighted by atomic mass is 16.5. The molecule has 2 unspecified atom stereocenters. The average molecular weight is 170 g/mol. The maximum atomic E-state index is 11.2. The molecule has 0 spiro atoms. The number of fused-ring (bicyclic) bond motifs is 2. The SMILES string of the molecule is COC(=O)C1CC2CCC(C1)O2. The van der Waals surface area contributed by atoms with Gasteiger partial charge in [-0.25, -0.2) is 0 Å². The van der Waals surface area contributed by atoms with Gasteiger partial charge in [-0.15, -0.1) is 0 Å². The smallest absolute Gasteiger partial charge is 0.308 e. The Morgan fingerprint density at radius 3 is 2.42 bits per heavy atom. The predicted octanol–water partition coefficient (Wildman–Crippen LogP) is 1.12. The van der Waals surface area contributed by atoms with Crippen LogP contribution in [0.15, 0.2) is 0 Å². The molecule has 12 heavy (non-hydrogen) atoms. The lowest BCUT2D eigenvalue weighted by atomic mass is 9.96. The molecule has 0 aliphatic carbocycles. The van der Waals surface area contributed by atoms with E-state index in [-0.39, 0.29) is 11.9 Å². The summed E-state index contributed by atoms with van der Waals surface area (Å²) in [6.45, 7) is 0. The van der Waals surface area contributed by atoms with Gasteiger partial charge in [0.1, 0.15) is 0 Å². The summed E-state index contributed by atoms with van der Waals surface area (Å²) in [6, 6.07) is 0. The Labute approximate surface area is 72.0 Å². The Kier molecular flexibility index (Phi) is 2.05. The van der Waals surface area contributed by atoms with Gasteiger partial charge in [0.05, 0.1) is 25.2 Å². The molecule has 0 aromatic heterocycles. The van der Waals surface area contributed by atoms with Gasteiger partial charge in [-0.1, -0.05) is 0 Å². The summed E-state index contributed by atoms with van der Waals surface area (Å²) in [5.74, 6) is 0.0384. The Hall–Kier alpha value is -0.570. The van der Waals surface area contributed by atoms with E-state index in [9.17, 15) is 4.79 Å². The van der Waals surface area contributed by atoms with Gasteiger partial charge < -0.3 is 9.47 Å². The normalized spacial score (nSPS) is 39.6. The van der Waals surface area contributed by atoms with E-state index in [4.69, 9.17) is 9.47 Å². The van der Waals surface area contributed by atoms with Crippen molar-refractivity contribution in [2.75, 3.05) is 7.11 Å². The summed E-state index contributed by atoms with van der Waals surface area (Å²) in [5.41, 5.74) is 0. The van der Waals surface area contributed by atoms with Crippen molar-refractivity contribution in [3.05, 3.63) is 0 Å². The molecule has 3 nitrogen and oxygen atoms in total. The first-order valence-electron chi connectivity index (χ1n) is 4.53. The molecule has 0 aromatic rings. The molecule has 2 atom stereocenters. The zero-order valence-electron chi connectivity index (χ0n) is 7.29. The first-order valence-corrected chi connectivity index (χ1v) is 4.53. The van der Waals surface area contributed by atoms with Gasteiger partial charge in [0, 0.05) is 0 Å². The fraction of sp³-hybridized carbons (Fsp3) is 0.889. The molecule has 2 fully saturated rings. The van der Waals surface area contributed by atoms with Crippen LogP contribution in [-0.4, -0.2) is 25.3 Å². The lowest BCUT2D eigenvalue weighted by Gasteiger charge is -2.26. The summed E-state index contributed by atoms with van der Waals surface area (Å²) in [7, 11) is 1.46. The number of methoxy groups -OCH3 is 1. The molecule has 2 heterocycles. The minimum absolute atomic E-state index is 0.0600. The summed E-state index contributed by atoms with van der Waals surface area (Å²) in [5, 5.41) is 0. The molecular formula is C9H14O3. The molecular weight excluding hydrogens is 156 g/mol. The van der Waals surface area contributed by atoms with Gasteiger partial charge in [0.15, 0.2) is 0 Å². The Bertz CT molecular complexity index is 178. The Morgan fingerprint density at radius 1 is 1.33 bits per heavy atom. The van der Waals surface area contributed by atoms with Crippen LogP contribution < -0.4 is 0 Å². The highest BCUT2D eigenvalue weighted by molar-refractivity contribution is 5.72. The molecule has 0 amide bonds. The van der Waals surface area contributed by atoms with Crippen LogP contribution in [0.5, 0.6) is 0 Å². The van der Waals surface area contributed by atoms with Crippen LogP contribution in [0.4, 0.5) is 0 Å². The van der Waals surface area contributed by atoms with Crippen LogP contribution in [0.3, 0.4) is 0 Å². The monoisotopic (exact) mass is 170 g/mol. The third kappa shape index (κ3) is 1.33. The van der Waals surface area contributed by atoms with Crippen LogP contribution in [0, 0.1) is 5.92 Å². The number of carbonyl (C=O) groups excluding carboxylic acids is 1. The number of esters is 1. The lowest BCUT2D eigenvalue weighted by molar-refractivity contribution is -0.151. The van der Waals surface area contributed by atoms with Crippen molar-refractivity contribution < 1.29 is 14.3 Å². The zero-order chi connectivity index (χ0) is 8.55. The van der Waals surface area contributed by atoms with Gasteiger partial charge in [-0.2, -0.15) is 0 Å². The largest absolute Gasteiger partial charge is 0.469 e. The Balaban J connectivity index is 1.98. The fourth-order valence-electron chi connectivity index (χ4n) is 2.22. The van der Waals surface area contributed by atoms with Crippen LogP contribution >= 0.6 is 0 Å². The van der Waals surface area contributed by atoms with Gasteiger partial charge in [0.2, 0.25) is 0 Å². The molecule has 0 radical (unpaired) electrons. The summed E-state index contributed by atoms with van der Waals surface area (Å²) < 4.78 is 10.3. The zero-order valence-corrected chi connectivity index (χ0v) is 7.29. The predicted molar refractivity (Wildman–Crippen MR) is 42.6 cm³/mol. The van der Waals surface area contributed by atoms with E-state index < -0.39 is 0 Å². The van der Waals surface area contributed by atoms with Crippen molar-refractivity contribution in [2.24, 2.45) is 5.92 Å². The molecule has 3 heteroatoms. The van der Waals surface area contributed by atoms with Gasteiger partial charge in [0.25, 0.3) is 0 Å². The van der Waals surface area contributed by atoms with Crippen molar-refractivity contribution in [3.8, 4) is 0 Å². The van der Waals surface area contributed by atoms with Crippen molar-refractivity contribution >= 4 is 5.97 Å². The quantitative estimate of drug-likeness (QED) is 0.553. The molecule has 68 valence electrons. The second-order valence-electron chi connectivity index (χ2n) is 3.65. The third-order valence-corrected chi connectivity index (χ3v) is 2.82. The first-order chi connectivity index (χ1) is 5.79. The second-order valence-corrected chi connectivity index (χ2v) is 3.65. The van der Waals surface area contributed by atoms with Crippen LogP contribution in [0.2, 0.25) is 0 Å². The maximum absolute atomic E-state index is 11.2. The number of rotatable bonds is 1. The van der Waals surface area contributed by atoms with Crippen molar-refractivity contribution in [1.82, 2.24) is 0 Å². The van der Waals surface area contributed by atoms with Crippen molar-refractivity contribution in [2.45, 2.75) is 37.9 Å². The topological polar surface area (TPSA) is 35.5 Å². The third-order valence-electron chi connectivity index (χ3n) is 2.82. The lowest BCUT2D eigenvalue weighted by Crippen LogP contribution is -2.30. The van der Waals surface area contributed by atoms with Gasteiger partial charge >= 0.3 is 5.97 Å². The van der Waals surface area contributed by atoms with E-state index in [2.05, 4.69) is 0 Å². The average Bonchev–Trinajstić information content (AvgIpc) is 2.44. The molecule has 2 aliphatic heterocycles. The van der Waals surface area contributed by atoms with E-state index in [0.717, 1.165) is 25.7 Å². The standard InChI is InChI=1S/C9H14O3/c1-11-9(10)6-4-7-2-3-8(5-6)12-7/h6-8H,2-5H2,1H3. The van der Waals surface area contributed by atoms with E-state index in [1.54, 1.807) is 0 Å². The maximum Gasteiger partial charge on any atom is 0.308 e. The first kappa shape index (κ1) is 8.05. The summed E-state index contributed by atoms with van der Waals surface area (Å²) in [4.78, 5) is 11.2. The molecule has 2 bridgehead atoms. The van der Waals surface area contributed by atoms with E-state index in [1.807, 2.05) is 0 Å². The summed E-state index contributed by atoms with van der Waals surface area (Å²) >= 11 is 0. The minimum Gasteiger partial charge on any atom is -0.469 e. The number of hydrogen-bond donors (Lipinski definition) is 0. The highest BCUT2D eigenvalue weighted by Crippen LogP contribution is 2.36. The van der Waals surface area contributed by atoms with E-state index in [1.165, 1.54) is 7.11 Å².